The van der Waals surface area contributed by atoms with Crippen LogP contribution in [0, 0.1) is 0 Å². The third-order valence-corrected chi connectivity index (χ3v) is 3.20. The number of anilines is 2. The molecule has 2 rings (SSSR count). The van der Waals surface area contributed by atoms with Gasteiger partial charge in [0.25, 0.3) is 0 Å². The van der Waals surface area contributed by atoms with Crippen LogP contribution >= 0.6 is 0 Å². The van der Waals surface area contributed by atoms with E-state index in [4.69, 9.17) is 15.6 Å². The van der Waals surface area contributed by atoms with Crippen LogP contribution in [0.4, 0.5) is 11.4 Å². The number of nitrogen functional groups attached to an aromatic ring is 1. The summed E-state index contributed by atoms with van der Waals surface area (Å²) in [4.78, 5) is 0. The van der Waals surface area contributed by atoms with Crippen molar-refractivity contribution in [2.75, 3.05) is 31.3 Å². The van der Waals surface area contributed by atoms with Crippen LogP contribution in [0.25, 0.3) is 11.1 Å². The maximum absolute atomic E-state index is 9.39. The summed E-state index contributed by atoms with van der Waals surface area (Å²) in [5.41, 5.74) is 9.28. The lowest BCUT2D eigenvalue weighted by atomic mass is 10.0. The maximum Gasteiger partial charge on any atom is 0.126 e. The number of benzene rings is 2. The molecule has 0 saturated carbocycles. The van der Waals surface area contributed by atoms with Gasteiger partial charge in [-0.3, -0.25) is 0 Å². The lowest BCUT2D eigenvalue weighted by Crippen LogP contribution is -2.22. The van der Waals surface area contributed by atoms with Crippen LogP contribution < -0.4 is 15.8 Å². The molecule has 5 N–H and O–H groups in total. The van der Waals surface area contributed by atoms with Crippen LogP contribution in [0.5, 0.6) is 5.75 Å². The predicted octanol–water partition coefficient (Wildman–Crippen LogP) is 1.71. The highest BCUT2D eigenvalue weighted by Crippen LogP contribution is 2.35. The topological polar surface area (TPSA) is 87.7 Å². The summed E-state index contributed by atoms with van der Waals surface area (Å²) in [6, 6.07) is 13.2. The van der Waals surface area contributed by atoms with E-state index in [1.54, 1.807) is 13.2 Å². The first-order valence-electron chi connectivity index (χ1n) is 6.71. The SMILES string of the molecule is COc1ccccc1-c1cc(NCC(O)CO)ccc1N. The molecule has 0 aromatic heterocycles. The molecule has 21 heavy (non-hydrogen) atoms. The van der Waals surface area contributed by atoms with Crippen LogP contribution in [0.2, 0.25) is 0 Å². The third kappa shape index (κ3) is 3.65. The monoisotopic (exact) mass is 288 g/mol. The third-order valence-electron chi connectivity index (χ3n) is 3.20. The van der Waals surface area contributed by atoms with Gasteiger partial charge < -0.3 is 26.0 Å². The molecule has 1 unspecified atom stereocenters. The van der Waals surface area contributed by atoms with Gasteiger partial charge in [-0.15, -0.1) is 0 Å². The second-order valence-corrected chi connectivity index (χ2v) is 4.72. The van der Waals surface area contributed by atoms with E-state index in [2.05, 4.69) is 5.32 Å². The number of nitrogens with one attached hydrogen (secondary N) is 1. The Kier molecular flexibility index (Phi) is 5.03. The number of aliphatic hydroxyl groups is 2. The van der Waals surface area contributed by atoms with Crippen molar-refractivity contribution in [3.05, 3.63) is 42.5 Å². The number of aliphatic hydroxyl groups excluding tert-OH is 2. The summed E-state index contributed by atoms with van der Waals surface area (Å²) < 4.78 is 5.36. The number of hydrogen-bond donors (Lipinski definition) is 4. The second kappa shape index (κ2) is 6.97. The van der Waals surface area contributed by atoms with E-state index in [1.165, 1.54) is 0 Å². The average molecular weight is 288 g/mol. The Morgan fingerprint density at radius 3 is 2.67 bits per heavy atom. The lowest BCUT2D eigenvalue weighted by Gasteiger charge is -2.14. The Hall–Kier alpha value is -2.24. The van der Waals surface area contributed by atoms with Gasteiger partial charge in [0.05, 0.1) is 19.8 Å². The van der Waals surface area contributed by atoms with Gasteiger partial charge >= 0.3 is 0 Å². The van der Waals surface area contributed by atoms with E-state index in [0.717, 1.165) is 22.6 Å². The van der Waals surface area contributed by atoms with Gasteiger partial charge in [-0.1, -0.05) is 18.2 Å². The highest BCUT2D eigenvalue weighted by molar-refractivity contribution is 5.83. The molecule has 5 heteroatoms. The fourth-order valence-corrected chi connectivity index (χ4v) is 2.07. The van der Waals surface area contributed by atoms with Crippen molar-refractivity contribution in [3.63, 3.8) is 0 Å². The molecule has 0 aliphatic carbocycles. The minimum atomic E-state index is -0.794. The zero-order valence-electron chi connectivity index (χ0n) is 11.9. The molecular weight excluding hydrogens is 268 g/mol. The quantitative estimate of drug-likeness (QED) is 0.608. The number of rotatable bonds is 6. The van der Waals surface area contributed by atoms with Crippen LogP contribution in [-0.4, -0.2) is 36.6 Å². The Labute approximate surface area is 124 Å². The molecule has 2 aromatic carbocycles. The zero-order chi connectivity index (χ0) is 15.2. The Morgan fingerprint density at radius 1 is 1.19 bits per heavy atom. The van der Waals surface area contributed by atoms with Crippen LogP contribution in [0.1, 0.15) is 0 Å². The minimum absolute atomic E-state index is 0.270. The second-order valence-electron chi connectivity index (χ2n) is 4.72. The first kappa shape index (κ1) is 15.2. The smallest absolute Gasteiger partial charge is 0.126 e. The summed E-state index contributed by atoms with van der Waals surface area (Å²) in [6.07, 6.45) is -0.794. The molecule has 1 atom stereocenters. The fraction of sp³-hybridized carbons (Fsp3) is 0.250. The summed E-state index contributed by atoms with van der Waals surface area (Å²) in [5.74, 6) is 0.747. The van der Waals surface area contributed by atoms with E-state index in [-0.39, 0.29) is 13.2 Å². The number of ether oxygens (including phenoxy) is 1. The number of nitrogens with two attached hydrogens (primary N) is 1. The van der Waals surface area contributed by atoms with Gasteiger partial charge in [0.15, 0.2) is 0 Å². The highest BCUT2D eigenvalue weighted by atomic mass is 16.5. The predicted molar refractivity (Wildman–Crippen MR) is 84.4 cm³/mol. The van der Waals surface area contributed by atoms with Gasteiger partial charge in [-0.05, 0) is 24.3 Å². The number of para-hydroxylation sites is 1. The first-order chi connectivity index (χ1) is 10.2. The number of hydrogen-bond acceptors (Lipinski definition) is 5. The van der Waals surface area contributed by atoms with E-state index in [1.807, 2.05) is 36.4 Å². The van der Waals surface area contributed by atoms with Crippen molar-refractivity contribution < 1.29 is 14.9 Å². The molecule has 0 aliphatic heterocycles. The van der Waals surface area contributed by atoms with E-state index >= 15 is 0 Å². The zero-order valence-corrected chi connectivity index (χ0v) is 11.9. The van der Waals surface area contributed by atoms with E-state index in [9.17, 15) is 5.11 Å². The molecule has 5 nitrogen and oxygen atoms in total. The Balaban J connectivity index is 2.31. The molecule has 0 aliphatic rings. The molecule has 2 aromatic rings. The van der Waals surface area contributed by atoms with Gasteiger partial charge in [-0.25, -0.2) is 0 Å². The molecule has 0 spiro atoms. The summed E-state index contributed by atoms with van der Waals surface area (Å²) >= 11 is 0. The van der Waals surface area contributed by atoms with Crippen molar-refractivity contribution in [2.24, 2.45) is 0 Å². The molecule has 0 fully saturated rings. The van der Waals surface area contributed by atoms with Crippen molar-refractivity contribution in [3.8, 4) is 16.9 Å². The van der Waals surface area contributed by atoms with Gasteiger partial charge in [0.1, 0.15) is 5.75 Å². The van der Waals surface area contributed by atoms with E-state index in [0.29, 0.717) is 5.69 Å². The Bertz CT molecular complexity index is 602. The summed E-state index contributed by atoms with van der Waals surface area (Å²) in [7, 11) is 1.62. The normalized spacial score (nSPS) is 12.0. The fourth-order valence-electron chi connectivity index (χ4n) is 2.07. The molecule has 112 valence electrons. The van der Waals surface area contributed by atoms with Gasteiger partial charge in [0, 0.05) is 29.0 Å². The van der Waals surface area contributed by atoms with Crippen LogP contribution in [-0.2, 0) is 0 Å². The largest absolute Gasteiger partial charge is 0.496 e. The molecule has 0 saturated heterocycles. The minimum Gasteiger partial charge on any atom is -0.496 e. The lowest BCUT2D eigenvalue weighted by molar-refractivity contribution is 0.105. The maximum atomic E-state index is 9.39. The van der Waals surface area contributed by atoms with Crippen molar-refractivity contribution in [1.82, 2.24) is 0 Å². The molecule has 0 heterocycles. The van der Waals surface area contributed by atoms with Crippen molar-refractivity contribution in [2.45, 2.75) is 6.10 Å². The molecule has 0 amide bonds. The number of methoxy groups -OCH3 is 1. The van der Waals surface area contributed by atoms with Gasteiger partial charge in [-0.2, -0.15) is 0 Å². The molecule has 0 bridgehead atoms. The summed E-state index contributed by atoms with van der Waals surface area (Å²) in [5, 5.41) is 21.3. The summed E-state index contributed by atoms with van der Waals surface area (Å²) in [6.45, 7) is -0.00682. The van der Waals surface area contributed by atoms with Crippen LogP contribution in [0.15, 0.2) is 42.5 Å². The van der Waals surface area contributed by atoms with Crippen molar-refractivity contribution >= 4 is 11.4 Å². The molecule has 0 radical (unpaired) electrons. The van der Waals surface area contributed by atoms with Crippen molar-refractivity contribution in [1.29, 1.82) is 0 Å². The first-order valence-corrected chi connectivity index (χ1v) is 6.71. The van der Waals surface area contributed by atoms with E-state index < -0.39 is 6.10 Å². The average Bonchev–Trinajstić information content (AvgIpc) is 2.53. The highest BCUT2D eigenvalue weighted by Gasteiger charge is 2.10. The standard InChI is InChI=1S/C16H20N2O3/c1-21-16-5-3-2-4-13(16)14-8-11(6-7-15(14)17)18-9-12(20)10-19/h2-8,12,18-20H,9-10,17H2,1H3. The van der Waals surface area contributed by atoms with Gasteiger partial charge in [0.2, 0.25) is 0 Å². The molecular formula is C16H20N2O3. The van der Waals surface area contributed by atoms with Crippen LogP contribution in [0.3, 0.4) is 0 Å². The Morgan fingerprint density at radius 2 is 1.95 bits per heavy atom.